The second-order valence-electron chi connectivity index (χ2n) is 6.94. The summed E-state index contributed by atoms with van der Waals surface area (Å²) in [5.74, 6) is 0. The fraction of sp³-hybridized carbons (Fsp3) is 0.952. The van der Waals surface area contributed by atoms with Crippen LogP contribution in [0.15, 0.2) is 0 Å². The Morgan fingerprint density at radius 3 is 1.31 bits per heavy atom. The predicted octanol–water partition coefficient (Wildman–Crippen LogP) is 5.16. The fourth-order valence-electron chi connectivity index (χ4n) is 2.62. The van der Waals surface area contributed by atoms with Gasteiger partial charge in [-0.1, -0.05) is 104 Å². The first kappa shape index (κ1) is 30.1. The van der Waals surface area contributed by atoms with E-state index in [9.17, 15) is 0 Å². The largest absolute Gasteiger partial charge is 0.483 e. The number of carboxylic acid groups (broad SMARTS) is 1. The van der Waals surface area contributed by atoms with Gasteiger partial charge in [0.2, 0.25) is 0 Å². The van der Waals surface area contributed by atoms with E-state index in [-0.39, 0.29) is 12.6 Å². The molecule has 0 atom stereocenters. The zero-order valence-electron chi connectivity index (χ0n) is 17.8. The van der Waals surface area contributed by atoms with Crippen molar-refractivity contribution in [3.8, 4) is 0 Å². The second kappa shape index (κ2) is 32.1. The Morgan fingerprint density at radius 2 is 1.00 bits per heavy atom. The van der Waals surface area contributed by atoms with Crippen molar-refractivity contribution in [2.45, 2.75) is 123 Å². The number of unbranched alkanes of at least 4 members (excludes halogenated alkanes) is 13. The van der Waals surface area contributed by atoms with Crippen LogP contribution in [-0.2, 0) is 4.79 Å². The molecule has 0 bridgehead atoms. The van der Waals surface area contributed by atoms with Gasteiger partial charge in [-0.15, -0.1) is 0 Å². The summed E-state index contributed by atoms with van der Waals surface area (Å²) in [5.41, 5.74) is 16.3. The molecule has 0 saturated carbocycles. The molecule has 0 aliphatic carbocycles. The van der Waals surface area contributed by atoms with Crippen LogP contribution in [0.25, 0.3) is 0 Å². The third-order valence-electron chi connectivity index (χ3n) is 4.20. The van der Waals surface area contributed by atoms with E-state index in [1.165, 1.54) is 96.3 Å². The number of nitrogens with two attached hydrogens (primary N) is 3. The Balaban J connectivity index is -0.000000354. The first-order valence-corrected chi connectivity index (χ1v) is 10.9. The normalized spacial score (nSPS) is 9.92. The molecule has 0 fully saturated rings. The van der Waals surface area contributed by atoms with Crippen LogP contribution in [0.4, 0.5) is 0 Å². The predicted molar refractivity (Wildman–Crippen MR) is 115 cm³/mol. The second-order valence-corrected chi connectivity index (χ2v) is 6.94. The molecule has 0 unspecified atom stereocenters. The van der Waals surface area contributed by atoms with Crippen LogP contribution in [0.2, 0.25) is 0 Å². The summed E-state index contributed by atoms with van der Waals surface area (Å²) >= 11 is 0. The van der Waals surface area contributed by atoms with Gasteiger partial charge in [0.05, 0.1) is 6.17 Å². The van der Waals surface area contributed by atoms with Crippen molar-refractivity contribution in [2.24, 2.45) is 17.2 Å². The monoisotopic (exact) mass is 375 g/mol. The van der Waals surface area contributed by atoms with Crippen LogP contribution in [0.3, 0.4) is 0 Å². The minimum atomic E-state index is -0.250. The summed E-state index contributed by atoms with van der Waals surface area (Å²) < 4.78 is 0. The van der Waals surface area contributed by atoms with E-state index in [0.29, 0.717) is 0 Å². The zero-order valence-corrected chi connectivity index (χ0v) is 17.8. The minimum absolute atomic E-state index is 0.0966. The summed E-state index contributed by atoms with van der Waals surface area (Å²) in [6.07, 6.45) is 21.2. The smallest absolute Gasteiger partial charge is 0.290 e. The van der Waals surface area contributed by atoms with Gasteiger partial charge in [-0.2, -0.15) is 0 Å². The summed E-state index contributed by atoms with van der Waals surface area (Å²) in [6.45, 7) is 5.12. The van der Waals surface area contributed by atoms with Crippen LogP contribution in [0.1, 0.15) is 117 Å². The van der Waals surface area contributed by atoms with Gasteiger partial charge in [0.15, 0.2) is 0 Å². The van der Waals surface area contributed by atoms with Gasteiger partial charge >= 0.3 is 0 Å². The van der Waals surface area contributed by atoms with Gasteiger partial charge in [0.1, 0.15) is 0 Å². The maximum atomic E-state index is 8.36. The highest BCUT2D eigenvalue weighted by Crippen LogP contribution is 2.08. The number of hydrogen-bond acceptors (Lipinski definition) is 4. The lowest BCUT2D eigenvalue weighted by atomic mass is 10.1. The first-order valence-electron chi connectivity index (χ1n) is 10.9. The van der Waals surface area contributed by atoms with E-state index in [0.717, 1.165) is 13.0 Å². The number of carbonyl (C=O) groups is 1. The van der Waals surface area contributed by atoms with E-state index in [4.69, 9.17) is 27.1 Å². The lowest BCUT2D eigenvalue weighted by Crippen LogP contribution is -2.29. The van der Waals surface area contributed by atoms with Crippen LogP contribution in [0, 0.1) is 0 Å². The molecule has 160 valence electrons. The molecule has 0 aliphatic heterocycles. The van der Waals surface area contributed by atoms with Crippen molar-refractivity contribution in [3.63, 3.8) is 0 Å². The average molecular weight is 376 g/mol. The molecule has 0 saturated heterocycles. The highest BCUT2D eigenvalue weighted by molar-refractivity contribution is 5.32. The van der Waals surface area contributed by atoms with Crippen LogP contribution in [-0.4, -0.2) is 24.3 Å². The summed E-state index contributed by atoms with van der Waals surface area (Å²) in [7, 11) is 0. The quantitative estimate of drug-likeness (QED) is 0.169. The molecule has 0 radical (unpaired) electrons. The van der Waals surface area contributed by atoms with E-state index >= 15 is 0 Å². The van der Waals surface area contributed by atoms with E-state index in [1.807, 2.05) is 0 Å². The van der Waals surface area contributed by atoms with Crippen LogP contribution < -0.4 is 17.2 Å². The minimum Gasteiger partial charge on any atom is -0.483 e. The maximum Gasteiger partial charge on any atom is 0.290 e. The summed E-state index contributed by atoms with van der Waals surface area (Å²) in [6, 6.07) is 0. The van der Waals surface area contributed by atoms with Crippen molar-refractivity contribution in [1.82, 2.24) is 0 Å². The molecule has 0 spiro atoms. The van der Waals surface area contributed by atoms with Crippen LogP contribution >= 0.6 is 0 Å². The van der Waals surface area contributed by atoms with Gasteiger partial charge in [-0.05, 0) is 19.4 Å². The van der Waals surface area contributed by atoms with Crippen molar-refractivity contribution in [2.75, 3.05) is 6.54 Å². The highest BCUT2D eigenvalue weighted by atomic mass is 16.3. The Hall–Kier alpha value is -0.650. The Morgan fingerprint density at radius 1 is 0.692 bits per heavy atom. The van der Waals surface area contributed by atoms with E-state index in [1.54, 1.807) is 0 Å². The van der Waals surface area contributed by atoms with Crippen molar-refractivity contribution < 1.29 is 9.90 Å². The van der Waals surface area contributed by atoms with Crippen molar-refractivity contribution in [1.29, 1.82) is 0 Å². The Kier molecular flexibility index (Phi) is 37.1. The van der Waals surface area contributed by atoms with Gasteiger partial charge in [-0.25, -0.2) is 0 Å². The molecule has 0 aromatic heterocycles. The molecule has 5 heteroatoms. The third-order valence-corrected chi connectivity index (χ3v) is 4.20. The molecule has 0 aromatic carbocycles. The summed E-state index contributed by atoms with van der Waals surface area (Å²) in [5, 5.41) is 6.89. The van der Waals surface area contributed by atoms with Crippen LogP contribution in [0.5, 0.6) is 0 Å². The van der Waals surface area contributed by atoms with Gasteiger partial charge < -0.3 is 22.3 Å². The molecule has 0 aliphatic rings. The van der Waals surface area contributed by atoms with Crippen molar-refractivity contribution >= 4 is 6.47 Å². The topological polar surface area (TPSA) is 115 Å². The molecule has 0 aromatic rings. The highest BCUT2D eigenvalue weighted by Gasteiger charge is 1.94. The lowest BCUT2D eigenvalue weighted by Gasteiger charge is -2.04. The Bertz CT molecular complexity index is 219. The van der Waals surface area contributed by atoms with Gasteiger partial charge in [-0.3, -0.25) is 4.79 Å². The molecule has 0 amide bonds. The molecule has 0 rings (SSSR count). The molecule has 5 nitrogen and oxygen atoms in total. The number of hydrogen-bond donors (Lipinski definition) is 4. The molecular weight excluding hydrogens is 326 g/mol. The lowest BCUT2D eigenvalue weighted by molar-refractivity contribution is -0.122. The first-order chi connectivity index (χ1) is 12.6. The average Bonchev–Trinajstić information content (AvgIpc) is 2.61. The SMILES string of the molecule is CCCCCCCCCC(N)N.CCCCCCCCCCN.O=CO. The summed E-state index contributed by atoms with van der Waals surface area (Å²) in [4.78, 5) is 8.36. The van der Waals surface area contributed by atoms with Crippen molar-refractivity contribution in [3.05, 3.63) is 0 Å². The van der Waals surface area contributed by atoms with E-state index < -0.39 is 0 Å². The molecule has 26 heavy (non-hydrogen) atoms. The molecular formula is C21H49N3O2. The number of rotatable bonds is 16. The Labute approximate surface area is 163 Å². The third kappa shape index (κ3) is 43.6. The maximum absolute atomic E-state index is 8.36. The van der Waals surface area contributed by atoms with Gasteiger partial charge in [0.25, 0.3) is 6.47 Å². The van der Waals surface area contributed by atoms with E-state index in [2.05, 4.69) is 13.8 Å². The molecule has 0 heterocycles. The standard InChI is InChI=1S/C10H24N2.C10H23N.CH2O2/c1-2-3-4-5-6-7-8-9-10(11)12;1-2-3-4-5-6-7-8-9-10-11;2-1-3/h10H,2-9,11-12H2,1H3;2-11H2,1H3;1H,(H,2,3). The zero-order chi connectivity index (χ0) is 20.3. The molecule has 7 N–H and O–H groups in total. The van der Waals surface area contributed by atoms with Gasteiger partial charge in [0, 0.05) is 0 Å². The fourth-order valence-corrected chi connectivity index (χ4v) is 2.62.